The highest BCUT2D eigenvalue weighted by Crippen LogP contribution is 2.18. The standard InChI is InChI=1S/C20H20ClN5O2/c1-14-5-4-6-19(26-20(27)25(3)23-24-26)18(14)13-28-22-15(2)7-8-16-9-11-17(21)12-10-16/h4-12H,13H2,1-3H3/b8-7+,22-15+. The van der Waals surface area contributed by atoms with E-state index in [1.54, 1.807) is 13.1 Å². The van der Waals surface area contributed by atoms with Gasteiger partial charge in [0.05, 0.1) is 11.4 Å². The van der Waals surface area contributed by atoms with Crippen LogP contribution in [0.3, 0.4) is 0 Å². The molecule has 0 bridgehead atoms. The van der Waals surface area contributed by atoms with Gasteiger partial charge in [0, 0.05) is 17.6 Å². The number of oxime groups is 1. The number of rotatable bonds is 6. The Labute approximate surface area is 167 Å². The van der Waals surface area contributed by atoms with E-state index in [0.29, 0.717) is 16.4 Å². The fourth-order valence-corrected chi connectivity index (χ4v) is 2.68. The fourth-order valence-electron chi connectivity index (χ4n) is 2.56. The van der Waals surface area contributed by atoms with Gasteiger partial charge in [0.2, 0.25) is 0 Å². The molecule has 0 spiro atoms. The maximum Gasteiger partial charge on any atom is 0.368 e. The molecule has 1 aromatic heterocycles. The lowest BCUT2D eigenvalue weighted by molar-refractivity contribution is 0.130. The Bertz CT molecular complexity index is 1080. The molecule has 144 valence electrons. The average Bonchev–Trinajstić information content (AvgIpc) is 3.01. The summed E-state index contributed by atoms with van der Waals surface area (Å²) in [4.78, 5) is 17.7. The Balaban J connectivity index is 1.74. The number of benzene rings is 2. The maximum atomic E-state index is 12.2. The molecule has 28 heavy (non-hydrogen) atoms. The molecule has 3 aromatic rings. The van der Waals surface area contributed by atoms with Crippen LogP contribution in [-0.4, -0.2) is 25.5 Å². The maximum absolute atomic E-state index is 12.2. The highest BCUT2D eigenvalue weighted by molar-refractivity contribution is 6.30. The molecule has 0 radical (unpaired) electrons. The summed E-state index contributed by atoms with van der Waals surface area (Å²) in [6, 6.07) is 13.1. The number of tetrazole rings is 1. The van der Waals surface area contributed by atoms with E-state index < -0.39 is 0 Å². The van der Waals surface area contributed by atoms with E-state index in [9.17, 15) is 4.79 Å². The number of allylic oxidation sites excluding steroid dienone is 1. The lowest BCUT2D eigenvalue weighted by Crippen LogP contribution is -2.23. The van der Waals surface area contributed by atoms with Crippen LogP contribution in [0.15, 0.2) is 58.5 Å². The summed E-state index contributed by atoms with van der Waals surface area (Å²) in [6.45, 7) is 4.00. The summed E-state index contributed by atoms with van der Waals surface area (Å²) in [7, 11) is 1.55. The lowest BCUT2D eigenvalue weighted by Gasteiger charge is -2.10. The van der Waals surface area contributed by atoms with E-state index in [1.807, 2.05) is 62.4 Å². The summed E-state index contributed by atoms with van der Waals surface area (Å²) in [5.41, 5.74) is 3.83. The van der Waals surface area contributed by atoms with Crippen molar-refractivity contribution in [2.75, 3.05) is 0 Å². The molecule has 0 aliphatic heterocycles. The third-order valence-corrected chi connectivity index (χ3v) is 4.39. The van der Waals surface area contributed by atoms with Gasteiger partial charge in [0.15, 0.2) is 0 Å². The molecule has 0 saturated carbocycles. The quantitative estimate of drug-likeness (QED) is 0.471. The molecule has 0 saturated heterocycles. The normalized spacial score (nSPS) is 11.9. The predicted octanol–water partition coefficient (Wildman–Crippen LogP) is 3.53. The van der Waals surface area contributed by atoms with E-state index >= 15 is 0 Å². The van der Waals surface area contributed by atoms with E-state index in [4.69, 9.17) is 16.4 Å². The summed E-state index contributed by atoms with van der Waals surface area (Å²) in [6.07, 6.45) is 3.78. The van der Waals surface area contributed by atoms with Gasteiger partial charge in [-0.15, -0.1) is 0 Å². The second-order valence-corrected chi connectivity index (χ2v) is 6.70. The van der Waals surface area contributed by atoms with Crippen LogP contribution in [0.5, 0.6) is 0 Å². The van der Waals surface area contributed by atoms with Crippen LogP contribution in [-0.2, 0) is 18.5 Å². The second-order valence-electron chi connectivity index (χ2n) is 6.26. The molecule has 0 amide bonds. The summed E-state index contributed by atoms with van der Waals surface area (Å²) >= 11 is 5.88. The molecule has 0 aliphatic rings. The molecule has 0 fully saturated rings. The molecule has 1 heterocycles. The molecule has 0 atom stereocenters. The minimum absolute atomic E-state index is 0.206. The zero-order valence-electron chi connectivity index (χ0n) is 15.8. The van der Waals surface area contributed by atoms with Crippen LogP contribution in [0.4, 0.5) is 0 Å². The Morgan fingerprint density at radius 1 is 1.21 bits per heavy atom. The molecule has 0 N–H and O–H groups in total. The lowest BCUT2D eigenvalue weighted by atomic mass is 10.1. The Hall–Kier alpha value is -3.19. The van der Waals surface area contributed by atoms with Crippen LogP contribution in [0.2, 0.25) is 5.02 Å². The number of aromatic nitrogens is 4. The van der Waals surface area contributed by atoms with Crippen molar-refractivity contribution in [3.63, 3.8) is 0 Å². The van der Waals surface area contributed by atoms with E-state index in [0.717, 1.165) is 16.7 Å². The van der Waals surface area contributed by atoms with Crippen molar-refractivity contribution in [2.45, 2.75) is 20.5 Å². The summed E-state index contributed by atoms with van der Waals surface area (Å²) in [5.74, 6) is 0. The molecular weight excluding hydrogens is 378 g/mol. The fraction of sp³-hybridized carbons (Fsp3) is 0.200. The van der Waals surface area contributed by atoms with Crippen molar-refractivity contribution in [1.82, 2.24) is 19.8 Å². The second kappa shape index (κ2) is 8.67. The number of aryl methyl sites for hydroxylation is 2. The minimum atomic E-state index is -0.322. The smallest absolute Gasteiger partial charge is 0.368 e. The van der Waals surface area contributed by atoms with Crippen LogP contribution < -0.4 is 5.69 Å². The van der Waals surface area contributed by atoms with Gasteiger partial charge in [-0.25, -0.2) is 4.79 Å². The van der Waals surface area contributed by atoms with E-state index in [1.165, 1.54) is 9.36 Å². The zero-order chi connectivity index (χ0) is 20.1. The van der Waals surface area contributed by atoms with Crippen molar-refractivity contribution in [3.8, 4) is 5.69 Å². The highest BCUT2D eigenvalue weighted by Gasteiger charge is 2.13. The van der Waals surface area contributed by atoms with Crippen LogP contribution in [0.25, 0.3) is 11.8 Å². The van der Waals surface area contributed by atoms with Crippen LogP contribution in [0.1, 0.15) is 23.6 Å². The average molecular weight is 398 g/mol. The summed E-state index contributed by atoms with van der Waals surface area (Å²) < 4.78 is 2.43. The Morgan fingerprint density at radius 3 is 2.64 bits per heavy atom. The molecule has 2 aromatic carbocycles. The van der Waals surface area contributed by atoms with Gasteiger partial charge in [-0.2, -0.15) is 9.36 Å². The SMILES string of the molecule is CC(/C=C/c1ccc(Cl)cc1)=N\OCc1c(C)cccc1-n1nnn(C)c1=O. The van der Waals surface area contributed by atoms with Crippen LogP contribution >= 0.6 is 11.6 Å². The van der Waals surface area contributed by atoms with Gasteiger partial charge in [-0.1, -0.05) is 47.1 Å². The van der Waals surface area contributed by atoms with Gasteiger partial charge in [-0.3, -0.25) is 0 Å². The third-order valence-electron chi connectivity index (χ3n) is 4.14. The molecule has 0 unspecified atom stereocenters. The molecule has 3 rings (SSSR count). The van der Waals surface area contributed by atoms with Gasteiger partial charge in [0.1, 0.15) is 6.61 Å². The number of nitrogens with zero attached hydrogens (tertiary/aromatic N) is 5. The van der Waals surface area contributed by atoms with Gasteiger partial charge in [0.25, 0.3) is 0 Å². The zero-order valence-corrected chi connectivity index (χ0v) is 16.6. The van der Waals surface area contributed by atoms with Gasteiger partial charge >= 0.3 is 5.69 Å². The van der Waals surface area contributed by atoms with Crippen LogP contribution in [0, 0.1) is 6.92 Å². The Kier molecular flexibility index (Phi) is 6.06. The van der Waals surface area contributed by atoms with Crippen molar-refractivity contribution >= 4 is 23.4 Å². The first-order valence-corrected chi connectivity index (χ1v) is 9.01. The largest absolute Gasteiger partial charge is 0.391 e. The molecular formula is C20H20ClN5O2. The molecule has 0 aliphatic carbocycles. The van der Waals surface area contributed by atoms with Crippen molar-refractivity contribution < 1.29 is 4.84 Å². The molecule has 7 nitrogen and oxygen atoms in total. The first-order valence-electron chi connectivity index (χ1n) is 8.64. The highest BCUT2D eigenvalue weighted by atomic mass is 35.5. The topological polar surface area (TPSA) is 74.3 Å². The van der Waals surface area contributed by atoms with Crippen molar-refractivity contribution in [2.24, 2.45) is 12.2 Å². The van der Waals surface area contributed by atoms with Gasteiger partial charge in [-0.05, 0) is 59.7 Å². The first kappa shape index (κ1) is 19.6. The first-order chi connectivity index (χ1) is 13.5. The third kappa shape index (κ3) is 4.55. The predicted molar refractivity (Wildman–Crippen MR) is 110 cm³/mol. The monoisotopic (exact) mass is 397 g/mol. The van der Waals surface area contributed by atoms with Crippen molar-refractivity contribution in [1.29, 1.82) is 0 Å². The van der Waals surface area contributed by atoms with E-state index in [2.05, 4.69) is 15.6 Å². The Morgan fingerprint density at radius 2 is 1.96 bits per heavy atom. The summed E-state index contributed by atoms with van der Waals surface area (Å²) in [5, 5.41) is 12.5. The van der Waals surface area contributed by atoms with Gasteiger partial charge < -0.3 is 4.84 Å². The number of hydrogen-bond acceptors (Lipinski definition) is 5. The number of hydrogen-bond donors (Lipinski definition) is 0. The molecule has 8 heteroatoms. The number of halogens is 1. The van der Waals surface area contributed by atoms with Crippen molar-refractivity contribution in [3.05, 3.63) is 80.7 Å². The van der Waals surface area contributed by atoms with E-state index in [-0.39, 0.29) is 12.3 Å². The minimum Gasteiger partial charge on any atom is -0.391 e.